The number of nitrogens with one attached hydrogen (secondary N) is 1. The molecule has 0 amide bonds. The number of hydrogen-bond donors (Lipinski definition) is 1. The molecule has 0 radical (unpaired) electrons. The van der Waals surface area contributed by atoms with Gasteiger partial charge in [0.15, 0.2) is 0 Å². The summed E-state index contributed by atoms with van der Waals surface area (Å²) in [5.74, 6) is 0.136. The van der Waals surface area contributed by atoms with Crippen LogP contribution in [0.4, 0.5) is 17.2 Å². The Balaban J connectivity index is 2.31. The Kier molecular flexibility index (Phi) is 2.69. The maximum atomic E-state index is 8.67. The molecule has 0 spiro atoms. The van der Waals surface area contributed by atoms with Crippen LogP contribution in [-0.4, -0.2) is 10.2 Å². The van der Waals surface area contributed by atoms with Crippen LogP contribution in [0, 0.1) is 12.3 Å². The van der Waals surface area contributed by atoms with E-state index in [4.69, 9.17) is 5.39 Å². The molecule has 0 saturated heterocycles. The minimum atomic E-state index is 0.136. The first kappa shape index (κ1) is 9.98. The van der Waals surface area contributed by atoms with Gasteiger partial charge in [-0.05, 0) is 19.1 Å². The number of benzene rings is 1. The van der Waals surface area contributed by atoms with Gasteiger partial charge < -0.3 is 0 Å². The third kappa shape index (κ3) is 1.93. The molecule has 1 N–H and O–H groups in total. The Morgan fingerprint density at radius 2 is 2.00 bits per heavy atom. The Bertz CT molecular complexity index is 548. The van der Waals surface area contributed by atoms with Gasteiger partial charge in [0.2, 0.25) is 5.69 Å². The van der Waals surface area contributed by atoms with Crippen LogP contribution in [-0.2, 0) is 0 Å². The highest BCUT2D eigenvalue weighted by atomic mass is 15.2. The normalized spacial score (nSPS) is 10.5. The molecule has 0 atom stereocenters. The monoisotopic (exact) mass is 213 g/mol. The summed E-state index contributed by atoms with van der Waals surface area (Å²) in [6.07, 6.45) is 0. The number of azo groups is 1. The Hall–Kier alpha value is -2.55. The van der Waals surface area contributed by atoms with Crippen LogP contribution < -0.4 is 0 Å². The molecule has 0 saturated carbocycles. The zero-order chi connectivity index (χ0) is 11.4. The van der Waals surface area contributed by atoms with Gasteiger partial charge in [0.25, 0.3) is 0 Å². The smallest absolute Gasteiger partial charge is 0.186 e. The standard InChI is InChI=1S/C10H9N6/c1-7-9(10(12-11)16-13-7)15-14-8-5-3-2-4-6-8/h2-6H,1H3,(H,13,16)/q+1. The van der Waals surface area contributed by atoms with Gasteiger partial charge in [0.1, 0.15) is 0 Å². The van der Waals surface area contributed by atoms with Gasteiger partial charge >= 0.3 is 5.82 Å². The van der Waals surface area contributed by atoms with E-state index in [-0.39, 0.29) is 5.82 Å². The van der Waals surface area contributed by atoms with Crippen LogP contribution in [0.1, 0.15) is 5.69 Å². The van der Waals surface area contributed by atoms with Gasteiger partial charge in [-0.15, -0.1) is 5.11 Å². The van der Waals surface area contributed by atoms with Crippen molar-refractivity contribution in [3.05, 3.63) is 41.0 Å². The lowest BCUT2D eigenvalue weighted by atomic mass is 10.3. The Morgan fingerprint density at radius 3 is 2.69 bits per heavy atom. The predicted octanol–water partition coefficient (Wildman–Crippen LogP) is 3.62. The second kappa shape index (κ2) is 4.31. The van der Waals surface area contributed by atoms with Crippen LogP contribution in [0.15, 0.2) is 40.6 Å². The summed E-state index contributed by atoms with van der Waals surface area (Å²) in [5, 5.41) is 23.1. The van der Waals surface area contributed by atoms with Crippen molar-refractivity contribution in [2.45, 2.75) is 6.92 Å². The molecule has 1 aromatic heterocycles. The molecule has 6 nitrogen and oxygen atoms in total. The van der Waals surface area contributed by atoms with Crippen molar-refractivity contribution in [2.75, 3.05) is 0 Å². The average Bonchev–Trinajstić information content (AvgIpc) is 2.69. The summed E-state index contributed by atoms with van der Waals surface area (Å²) in [5.41, 5.74) is 1.87. The zero-order valence-electron chi connectivity index (χ0n) is 8.62. The average molecular weight is 213 g/mol. The molecule has 0 fully saturated rings. The lowest BCUT2D eigenvalue weighted by Crippen LogP contribution is -1.68. The van der Waals surface area contributed by atoms with Crippen molar-refractivity contribution >= 4 is 17.2 Å². The fraction of sp³-hybridized carbons (Fsp3) is 0.100. The van der Waals surface area contributed by atoms with Gasteiger partial charge in [-0.25, -0.2) is 0 Å². The third-order valence-electron chi connectivity index (χ3n) is 2.01. The van der Waals surface area contributed by atoms with E-state index in [0.29, 0.717) is 11.4 Å². The number of aryl methyl sites for hydroxylation is 1. The minimum Gasteiger partial charge on any atom is -0.186 e. The van der Waals surface area contributed by atoms with E-state index in [1.54, 1.807) is 6.92 Å². The third-order valence-corrected chi connectivity index (χ3v) is 2.01. The van der Waals surface area contributed by atoms with E-state index < -0.39 is 0 Å². The number of aromatic amines is 1. The predicted molar refractivity (Wildman–Crippen MR) is 58.7 cm³/mol. The number of diazo groups is 1. The quantitative estimate of drug-likeness (QED) is 0.610. The lowest BCUT2D eigenvalue weighted by Gasteiger charge is -1.88. The van der Waals surface area contributed by atoms with Crippen LogP contribution in [0.2, 0.25) is 0 Å². The summed E-state index contributed by atoms with van der Waals surface area (Å²) >= 11 is 0. The number of aromatic nitrogens is 2. The van der Waals surface area contributed by atoms with Crippen LogP contribution in [0.25, 0.3) is 4.98 Å². The van der Waals surface area contributed by atoms with Crippen molar-refractivity contribution < 1.29 is 0 Å². The van der Waals surface area contributed by atoms with E-state index in [1.807, 2.05) is 30.3 Å². The molecule has 0 aliphatic rings. The van der Waals surface area contributed by atoms with Crippen molar-refractivity contribution in [3.8, 4) is 0 Å². The van der Waals surface area contributed by atoms with Crippen molar-refractivity contribution in [3.63, 3.8) is 0 Å². The van der Waals surface area contributed by atoms with Gasteiger partial charge in [-0.2, -0.15) is 10.2 Å². The molecule has 0 bridgehead atoms. The summed E-state index contributed by atoms with van der Waals surface area (Å²) < 4.78 is 0. The van der Waals surface area contributed by atoms with Gasteiger partial charge in [-0.3, -0.25) is 0 Å². The largest absolute Gasteiger partial charge is 0.515 e. The Labute approximate surface area is 91.7 Å². The maximum absolute atomic E-state index is 8.67. The highest BCUT2D eigenvalue weighted by molar-refractivity contribution is 5.63. The van der Waals surface area contributed by atoms with E-state index in [2.05, 4.69) is 25.4 Å². The maximum Gasteiger partial charge on any atom is 0.515 e. The first-order valence-corrected chi connectivity index (χ1v) is 4.68. The molecule has 2 aromatic rings. The fourth-order valence-electron chi connectivity index (χ4n) is 1.20. The van der Waals surface area contributed by atoms with Crippen molar-refractivity contribution in [1.82, 2.24) is 10.2 Å². The van der Waals surface area contributed by atoms with E-state index in [0.717, 1.165) is 5.69 Å². The summed E-state index contributed by atoms with van der Waals surface area (Å²) in [6, 6.07) is 9.29. The first-order valence-electron chi connectivity index (χ1n) is 4.68. The number of rotatable bonds is 2. The Morgan fingerprint density at radius 1 is 1.25 bits per heavy atom. The topological polar surface area (TPSA) is 81.5 Å². The molecular weight excluding hydrogens is 204 g/mol. The van der Waals surface area contributed by atoms with Crippen LogP contribution in [0.5, 0.6) is 0 Å². The highest BCUT2D eigenvalue weighted by Crippen LogP contribution is 2.30. The lowest BCUT2D eigenvalue weighted by molar-refractivity contribution is 1.05. The van der Waals surface area contributed by atoms with Crippen LogP contribution >= 0.6 is 0 Å². The van der Waals surface area contributed by atoms with E-state index in [9.17, 15) is 0 Å². The molecule has 2 rings (SSSR count). The molecule has 1 aromatic carbocycles. The fourth-order valence-corrected chi connectivity index (χ4v) is 1.20. The van der Waals surface area contributed by atoms with Gasteiger partial charge in [0.05, 0.1) is 21.9 Å². The van der Waals surface area contributed by atoms with Crippen molar-refractivity contribution in [1.29, 1.82) is 5.39 Å². The molecular formula is C10H9N6+. The second-order valence-corrected chi connectivity index (χ2v) is 3.16. The summed E-state index contributed by atoms with van der Waals surface area (Å²) in [4.78, 5) is 3.01. The zero-order valence-corrected chi connectivity index (χ0v) is 8.62. The first-order chi connectivity index (χ1) is 7.81. The molecule has 16 heavy (non-hydrogen) atoms. The van der Waals surface area contributed by atoms with Crippen LogP contribution in [0.3, 0.4) is 0 Å². The minimum absolute atomic E-state index is 0.136. The SMILES string of the molecule is Cc1[nH]nc([N+]#N)c1N=Nc1ccccc1. The second-order valence-electron chi connectivity index (χ2n) is 3.16. The van der Waals surface area contributed by atoms with Gasteiger partial charge in [-0.1, -0.05) is 18.2 Å². The summed E-state index contributed by atoms with van der Waals surface area (Å²) in [6.45, 7) is 1.78. The van der Waals surface area contributed by atoms with Gasteiger partial charge in [0, 0.05) is 4.98 Å². The van der Waals surface area contributed by atoms with Crippen molar-refractivity contribution in [2.24, 2.45) is 10.2 Å². The highest BCUT2D eigenvalue weighted by Gasteiger charge is 2.20. The summed E-state index contributed by atoms with van der Waals surface area (Å²) in [7, 11) is 0. The number of nitrogens with zero attached hydrogens (tertiary/aromatic N) is 5. The molecule has 0 aliphatic carbocycles. The van der Waals surface area contributed by atoms with E-state index in [1.165, 1.54) is 0 Å². The molecule has 6 heteroatoms. The molecule has 0 aliphatic heterocycles. The number of hydrogen-bond acceptors (Lipinski definition) is 4. The molecule has 78 valence electrons. The molecule has 1 heterocycles. The molecule has 0 unspecified atom stereocenters. The van der Waals surface area contributed by atoms with E-state index >= 15 is 0 Å². The number of H-pyrrole nitrogens is 1.